The van der Waals surface area contributed by atoms with Crippen LogP contribution in [0.3, 0.4) is 0 Å². The van der Waals surface area contributed by atoms with Crippen LogP contribution in [0.5, 0.6) is 5.75 Å². The van der Waals surface area contributed by atoms with Crippen molar-refractivity contribution in [3.63, 3.8) is 0 Å². The Balaban J connectivity index is 1.51. The van der Waals surface area contributed by atoms with Crippen molar-refractivity contribution in [3.05, 3.63) is 59.7 Å². The third-order valence-electron chi connectivity index (χ3n) is 15.3. The number of ether oxygens (including phenoxy) is 3. The molecule has 2 aromatic carbocycles. The predicted molar refractivity (Wildman–Crippen MR) is 327 cm³/mol. The maximum atomic E-state index is 14.3. The average molecular weight is 1250 g/mol. The molecule has 0 spiro atoms. The summed E-state index contributed by atoms with van der Waals surface area (Å²) in [5, 5.41) is 16.4. The molecule has 0 aromatic heterocycles. The van der Waals surface area contributed by atoms with Crippen LogP contribution in [-0.2, 0) is 70.9 Å². The van der Waals surface area contributed by atoms with Gasteiger partial charge in [-0.1, -0.05) is 71.7 Å². The van der Waals surface area contributed by atoms with Crippen LogP contribution < -0.4 is 52.6 Å². The molecule has 1 aliphatic rings. The summed E-state index contributed by atoms with van der Waals surface area (Å²) >= 11 is 0. The predicted octanol–water partition coefficient (Wildman–Crippen LogP) is 2.28. The van der Waals surface area contributed by atoms with E-state index in [0.29, 0.717) is 75.7 Å². The lowest BCUT2D eigenvalue weighted by Crippen LogP contribution is -2.56. The van der Waals surface area contributed by atoms with Crippen LogP contribution in [0, 0.1) is 17.8 Å². The highest BCUT2D eigenvalue weighted by molar-refractivity contribution is 7.89. The summed E-state index contributed by atoms with van der Waals surface area (Å²) in [4.78, 5) is 127. The van der Waals surface area contributed by atoms with Gasteiger partial charge in [0, 0.05) is 59.4 Å². The van der Waals surface area contributed by atoms with E-state index in [0.717, 1.165) is 11.8 Å². The van der Waals surface area contributed by atoms with Gasteiger partial charge < -0.3 is 61.6 Å². The monoisotopic (exact) mass is 1240 g/mol. The Hall–Kier alpha value is -6.98. The van der Waals surface area contributed by atoms with Gasteiger partial charge in [-0.25, -0.2) is 23.5 Å². The third-order valence-corrected chi connectivity index (χ3v) is 15.9. The van der Waals surface area contributed by atoms with Crippen molar-refractivity contribution in [2.75, 3.05) is 80.2 Å². The van der Waals surface area contributed by atoms with Crippen LogP contribution in [0.15, 0.2) is 48.5 Å². The second kappa shape index (κ2) is 37.7. The van der Waals surface area contributed by atoms with Crippen molar-refractivity contribution < 1.29 is 70.6 Å². The molecule has 3 rings (SSSR count). The van der Waals surface area contributed by atoms with Crippen molar-refractivity contribution in [2.24, 2.45) is 23.5 Å². The molecule has 0 bridgehead atoms. The zero-order valence-corrected chi connectivity index (χ0v) is 53.5. The lowest BCUT2D eigenvalue weighted by atomic mass is 9.90. The molecule has 10 amide bonds. The van der Waals surface area contributed by atoms with Crippen LogP contribution in [0.4, 0.5) is 15.3 Å². The molecule has 0 saturated carbocycles. The Labute approximate surface area is 512 Å². The van der Waals surface area contributed by atoms with E-state index < -0.39 is 82.3 Å². The number of hydrogen-bond acceptors (Lipinski definition) is 17. The average Bonchev–Trinajstić information content (AvgIpc) is 4.21. The minimum absolute atomic E-state index is 0.00535. The smallest absolute Gasteiger partial charge is 0.410 e. The Kier molecular flexibility index (Phi) is 32.1. The van der Waals surface area contributed by atoms with Gasteiger partial charge in [0.2, 0.25) is 45.5 Å². The first-order chi connectivity index (χ1) is 41.1. The number of rotatable bonds is 38. The molecule has 1 fully saturated rings. The maximum Gasteiger partial charge on any atom is 0.412 e. The Morgan fingerprint density at radius 3 is 2.02 bits per heavy atom. The quantitative estimate of drug-likeness (QED) is 0.0344. The molecular weight excluding hydrogens is 1150 g/mol. The maximum absolute atomic E-state index is 14.3. The van der Waals surface area contributed by atoms with Gasteiger partial charge in [-0.05, 0) is 107 Å². The summed E-state index contributed by atoms with van der Waals surface area (Å²) in [6.45, 7) is 10.2. The van der Waals surface area contributed by atoms with Gasteiger partial charge in [-0.2, -0.15) is 0 Å². The highest BCUT2D eigenvalue weighted by atomic mass is 32.2. The van der Waals surface area contributed by atoms with Crippen molar-refractivity contribution in [3.8, 4) is 5.75 Å². The molecule has 1 unspecified atom stereocenters. The minimum Gasteiger partial charge on any atom is -0.410 e. The van der Waals surface area contributed by atoms with E-state index in [4.69, 9.17) is 24.8 Å². The first-order valence-electron chi connectivity index (χ1n) is 29.6. The number of carbonyl (C=O) groups excluding carboxylic acids is 9. The van der Waals surface area contributed by atoms with Gasteiger partial charge in [-0.15, -0.1) is 0 Å². The van der Waals surface area contributed by atoms with E-state index in [-0.39, 0.29) is 86.1 Å². The SMILES string of the molecule is CC[C@H](C)[C@@H]([C@@H](CC(=O)N1CCC[C@H]1[C@H](OC)[C@@H](C)C(=O)N[C@@H](Cc1ccc(OC(=O)NCCCCCC(=O)NOCc2ccc(NC(=O)[C@H](CCCNC(N)=O)NC)cc2)cc1)C(=O)NS(C)(=O)=O)OC)N(C)C(=O)CNC(=O)C(C(C)C)N(C)C. The van der Waals surface area contributed by atoms with Gasteiger partial charge in [0.1, 0.15) is 11.8 Å². The van der Waals surface area contributed by atoms with E-state index >= 15 is 0 Å². The molecule has 10 N–H and O–H groups in total. The summed E-state index contributed by atoms with van der Waals surface area (Å²) in [7, 11) is 5.77. The Morgan fingerprint density at radius 1 is 0.782 bits per heavy atom. The summed E-state index contributed by atoms with van der Waals surface area (Å²) < 4.78 is 43.7. The van der Waals surface area contributed by atoms with Crippen LogP contribution in [0.25, 0.3) is 0 Å². The fourth-order valence-corrected chi connectivity index (χ4v) is 11.1. The number of hydroxylamine groups is 1. The van der Waals surface area contributed by atoms with Gasteiger partial charge in [0.25, 0.3) is 5.91 Å². The van der Waals surface area contributed by atoms with Crippen LogP contribution >= 0.6 is 0 Å². The number of anilines is 1. The topological polar surface area (TPSA) is 357 Å². The number of likely N-dealkylation sites (tertiary alicyclic amines) is 1. The van der Waals surface area contributed by atoms with Gasteiger partial charge in [-0.3, -0.25) is 48.0 Å². The second-order valence-electron chi connectivity index (χ2n) is 22.6. The number of nitrogens with zero attached hydrogens (tertiary/aromatic N) is 3. The van der Waals surface area contributed by atoms with E-state index in [9.17, 15) is 51.6 Å². The zero-order valence-electron chi connectivity index (χ0n) is 52.7. The van der Waals surface area contributed by atoms with E-state index in [1.807, 2.05) is 32.4 Å². The number of carbonyl (C=O) groups is 9. The molecule has 488 valence electrons. The number of methoxy groups -OCH3 is 2. The zero-order chi connectivity index (χ0) is 65.0. The summed E-state index contributed by atoms with van der Waals surface area (Å²) in [5.41, 5.74) is 9.32. The first kappa shape index (κ1) is 74.3. The molecule has 0 radical (unpaired) electrons. The molecule has 87 heavy (non-hydrogen) atoms. The third kappa shape index (κ3) is 25.7. The number of nitrogens with one attached hydrogen (secondary N) is 8. The molecule has 1 saturated heterocycles. The number of unbranched alkanes of at least 4 members (excludes halogenated alkanes) is 2. The summed E-state index contributed by atoms with van der Waals surface area (Å²) in [6, 6.07) is 9.01. The number of urea groups is 1. The molecule has 9 atom stereocenters. The lowest BCUT2D eigenvalue weighted by Gasteiger charge is -2.39. The molecule has 2 aromatic rings. The minimum atomic E-state index is -4.05. The molecule has 0 aliphatic carbocycles. The molecule has 27 nitrogen and oxygen atoms in total. The highest BCUT2D eigenvalue weighted by Gasteiger charge is 2.43. The number of nitrogens with two attached hydrogens (primary N) is 1. The summed E-state index contributed by atoms with van der Waals surface area (Å²) in [6.07, 6.45) is 2.91. The number of sulfonamides is 1. The van der Waals surface area contributed by atoms with Gasteiger partial charge in [0.15, 0.2) is 0 Å². The number of benzene rings is 2. The first-order valence-corrected chi connectivity index (χ1v) is 31.5. The number of primary amides is 1. The standard InChI is InChI=1S/C59H96N12O15S/c1-13-38(4)52(70(9)50(74)35-64-57(78)51(37(2)3)69(7)8)47(83-10)34-49(73)71-32-18-20-46(71)53(84-11)39(5)54(75)66-45(56(77)68-87(12,81)82)33-40-24-28-43(29-25-40)86-59(80)63-30-16-14-15-21-48(72)67-85-36-41-22-26-42(27-23-41)65-55(76)44(61-6)19-17-31-62-58(60)79/h22-29,37-39,44-47,51-53,61H,13-21,30-36H2,1-12H3,(H,63,80)(H,64,78)(H,65,76)(H,66,75)(H,67,72)(H,68,77)(H3,60,62,79)/t38-,39+,44-,45-,46-,47+,51?,52-,53+/m0/s1. The lowest BCUT2D eigenvalue weighted by molar-refractivity contribution is -0.146. The van der Waals surface area contributed by atoms with Gasteiger partial charge in [0.05, 0.1) is 68.1 Å². The van der Waals surface area contributed by atoms with Crippen molar-refractivity contribution in [1.82, 2.24) is 51.5 Å². The molecule has 1 heterocycles. The molecule has 1 aliphatic heterocycles. The largest absolute Gasteiger partial charge is 0.412 e. The van der Waals surface area contributed by atoms with Gasteiger partial charge >= 0.3 is 12.1 Å². The number of hydrogen-bond donors (Lipinski definition) is 9. The fourth-order valence-electron chi connectivity index (χ4n) is 10.6. The summed E-state index contributed by atoms with van der Waals surface area (Å²) in [5.74, 6) is -3.96. The van der Waals surface area contributed by atoms with Crippen LogP contribution in [-0.4, -0.2) is 194 Å². The molecule has 28 heteroatoms. The van der Waals surface area contributed by atoms with Crippen molar-refractivity contribution in [1.29, 1.82) is 0 Å². The van der Waals surface area contributed by atoms with Crippen LogP contribution in [0.1, 0.15) is 110 Å². The van der Waals surface area contributed by atoms with Crippen molar-refractivity contribution >= 4 is 69.2 Å². The Bertz CT molecular complexity index is 2660. The second-order valence-corrected chi connectivity index (χ2v) is 24.3. The number of amides is 10. The normalized spacial score (nSPS) is 16.0. The van der Waals surface area contributed by atoms with E-state index in [1.165, 1.54) is 31.3 Å². The van der Waals surface area contributed by atoms with Crippen LogP contribution in [0.2, 0.25) is 0 Å². The van der Waals surface area contributed by atoms with E-state index in [1.54, 1.807) is 81.3 Å². The Morgan fingerprint density at radius 2 is 1.44 bits per heavy atom. The number of likely N-dealkylation sites (N-methyl/N-ethyl adjacent to an activating group) is 3. The van der Waals surface area contributed by atoms with Crippen molar-refractivity contribution in [2.45, 2.75) is 154 Å². The van der Waals surface area contributed by atoms with E-state index in [2.05, 4.69) is 37.4 Å². The highest BCUT2D eigenvalue weighted by Crippen LogP contribution is 2.30. The fraction of sp³-hybridized carbons (Fsp3) is 0.644. The molecular formula is C59H96N12O15S.